The fourth-order valence-corrected chi connectivity index (χ4v) is 1.40. The van der Waals surface area contributed by atoms with Crippen molar-refractivity contribution in [3.63, 3.8) is 0 Å². The van der Waals surface area contributed by atoms with E-state index in [4.69, 9.17) is 4.74 Å². The topological polar surface area (TPSA) is 29.5 Å². The van der Waals surface area contributed by atoms with Crippen LogP contribution in [-0.2, 0) is 9.53 Å². The molecule has 0 saturated carbocycles. The number of hydrogen-bond donors (Lipinski definition) is 0. The highest BCUT2D eigenvalue weighted by molar-refractivity contribution is 5.79. The molecule has 0 aromatic rings. The van der Waals surface area contributed by atoms with Crippen molar-refractivity contribution in [1.82, 2.24) is 4.90 Å². The molecule has 1 unspecified atom stereocenters. The lowest BCUT2D eigenvalue weighted by molar-refractivity contribution is -0.145. The monoisotopic (exact) mass is 197 g/mol. The van der Waals surface area contributed by atoms with E-state index in [1.54, 1.807) is 0 Å². The highest BCUT2D eigenvalue weighted by atomic mass is 16.5. The van der Waals surface area contributed by atoms with E-state index in [0.29, 0.717) is 0 Å². The Kier molecular flexibility index (Phi) is 5.93. The van der Waals surface area contributed by atoms with Gasteiger partial charge in [-0.2, -0.15) is 0 Å². The molecule has 3 heteroatoms. The zero-order chi connectivity index (χ0) is 11.1. The predicted octanol–water partition coefficient (Wildman–Crippen LogP) is 1.60. The highest BCUT2D eigenvalue weighted by Gasteiger charge is 2.25. The van der Waals surface area contributed by atoms with E-state index in [9.17, 15) is 4.79 Å². The number of nitrogens with zero attached hydrogens (tertiary/aromatic N) is 1. The Bertz CT molecular complexity index is 238. The average molecular weight is 197 g/mol. The number of rotatable bonds is 5. The molecule has 80 valence electrons. The third-order valence-electron chi connectivity index (χ3n) is 2.29. The zero-order valence-corrected chi connectivity index (χ0v) is 9.46. The minimum absolute atomic E-state index is 0.248. The lowest BCUT2D eigenvalue weighted by atomic mass is 10.1. The van der Waals surface area contributed by atoms with Crippen LogP contribution in [0.2, 0.25) is 0 Å². The van der Waals surface area contributed by atoms with Gasteiger partial charge in [0.05, 0.1) is 7.11 Å². The molecule has 0 bridgehead atoms. The minimum atomic E-state index is -0.340. The summed E-state index contributed by atoms with van der Waals surface area (Å²) in [7, 11) is 1.40. The van der Waals surface area contributed by atoms with E-state index in [0.717, 1.165) is 18.7 Å². The fraction of sp³-hybridized carbons (Fsp3) is 0.636. The maximum absolute atomic E-state index is 11.5. The molecule has 0 saturated heterocycles. The van der Waals surface area contributed by atoms with Crippen molar-refractivity contribution >= 4 is 5.97 Å². The van der Waals surface area contributed by atoms with Crippen molar-refractivity contribution < 1.29 is 9.53 Å². The first kappa shape index (κ1) is 12.9. The van der Waals surface area contributed by atoms with Gasteiger partial charge in [0.1, 0.15) is 6.04 Å². The number of ether oxygens (including phenoxy) is 1. The van der Waals surface area contributed by atoms with Gasteiger partial charge in [-0.05, 0) is 25.6 Å². The molecule has 3 nitrogen and oxygen atoms in total. The van der Waals surface area contributed by atoms with Gasteiger partial charge in [-0.15, -0.1) is 5.73 Å². The van der Waals surface area contributed by atoms with Crippen LogP contribution in [0.3, 0.4) is 0 Å². The van der Waals surface area contributed by atoms with Crippen LogP contribution in [-0.4, -0.2) is 37.1 Å². The molecule has 0 aliphatic heterocycles. The number of methoxy groups -OCH3 is 1. The summed E-state index contributed by atoms with van der Waals surface area (Å²) < 4.78 is 4.75. The van der Waals surface area contributed by atoms with Gasteiger partial charge in [-0.1, -0.05) is 20.4 Å². The van der Waals surface area contributed by atoms with Gasteiger partial charge in [-0.3, -0.25) is 4.90 Å². The minimum Gasteiger partial charge on any atom is -0.468 e. The molecule has 0 fully saturated rings. The lowest BCUT2D eigenvalue weighted by Crippen LogP contribution is -2.42. The molecule has 0 aliphatic rings. The number of carbonyl (C=O) groups excluding carboxylic acids is 1. The van der Waals surface area contributed by atoms with Gasteiger partial charge in [0.15, 0.2) is 0 Å². The summed E-state index contributed by atoms with van der Waals surface area (Å²) in [6.07, 6.45) is 0. The van der Waals surface area contributed by atoms with Crippen molar-refractivity contribution in [2.45, 2.75) is 26.8 Å². The molecule has 0 rings (SSSR count). The normalized spacial score (nSPS) is 12.1. The Balaban J connectivity index is 4.88. The van der Waals surface area contributed by atoms with Crippen LogP contribution in [0.25, 0.3) is 0 Å². The summed E-state index contributed by atoms with van der Waals surface area (Å²) in [6.45, 7) is 11.0. The molecule has 0 heterocycles. The first-order valence-corrected chi connectivity index (χ1v) is 4.80. The van der Waals surface area contributed by atoms with Gasteiger partial charge in [0.2, 0.25) is 0 Å². The van der Waals surface area contributed by atoms with E-state index < -0.39 is 0 Å². The molecule has 0 radical (unpaired) electrons. The lowest BCUT2D eigenvalue weighted by Gasteiger charge is -2.27. The maximum Gasteiger partial charge on any atom is 0.328 e. The molecule has 0 amide bonds. The van der Waals surface area contributed by atoms with Crippen molar-refractivity contribution in [3.05, 3.63) is 17.9 Å². The Morgan fingerprint density at radius 1 is 1.50 bits per heavy atom. The average Bonchev–Trinajstić information content (AvgIpc) is 2.23. The summed E-state index contributed by atoms with van der Waals surface area (Å²) in [4.78, 5) is 13.5. The quantitative estimate of drug-likeness (QED) is 0.495. The summed E-state index contributed by atoms with van der Waals surface area (Å²) in [5.41, 5.74) is 3.56. The Labute approximate surface area is 86.0 Å². The van der Waals surface area contributed by atoms with Gasteiger partial charge in [0.25, 0.3) is 0 Å². The Hall–Kier alpha value is -1.05. The van der Waals surface area contributed by atoms with Crippen molar-refractivity contribution in [2.24, 2.45) is 0 Å². The van der Waals surface area contributed by atoms with E-state index in [2.05, 4.69) is 12.3 Å². The number of carbonyl (C=O) groups is 1. The maximum atomic E-state index is 11.5. The van der Waals surface area contributed by atoms with Gasteiger partial charge in [0, 0.05) is 0 Å². The van der Waals surface area contributed by atoms with Gasteiger partial charge >= 0.3 is 5.97 Å². The second kappa shape index (κ2) is 6.41. The fourth-order valence-electron chi connectivity index (χ4n) is 1.40. The summed E-state index contributed by atoms with van der Waals surface area (Å²) in [6, 6.07) is -0.340. The first-order valence-electron chi connectivity index (χ1n) is 4.80. The predicted molar refractivity (Wildman–Crippen MR) is 57.1 cm³/mol. The third kappa shape index (κ3) is 3.02. The van der Waals surface area contributed by atoms with E-state index in [1.165, 1.54) is 7.11 Å². The van der Waals surface area contributed by atoms with Crippen molar-refractivity contribution in [2.75, 3.05) is 20.2 Å². The highest BCUT2D eigenvalue weighted by Crippen LogP contribution is 2.10. The second-order valence-electron chi connectivity index (χ2n) is 3.01. The molecule has 0 N–H and O–H groups in total. The number of likely N-dealkylation sites (N-methyl/N-ethyl adjacent to an activating group) is 1. The molecule has 0 aromatic carbocycles. The SMILES string of the molecule is C=C=C(C)C(C(=O)OC)N(CC)CC. The van der Waals surface area contributed by atoms with Crippen molar-refractivity contribution in [3.8, 4) is 0 Å². The van der Waals surface area contributed by atoms with Crippen LogP contribution < -0.4 is 0 Å². The molecule has 0 spiro atoms. The van der Waals surface area contributed by atoms with Gasteiger partial charge < -0.3 is 4.74 Å². The summed E-state index contributed by atoms with van der Waals surface area (Å²) in [5.74, 6) is -0.248. The summed E-state index contributed by atoms with van der Waals surface area (Å²) >= 11 is 0. The van der Waals surface area contributed by atoms with E-state index >= 15 is 0 Å². The number of hydrogen-bond acceptors (Lipinski definition) is 3. The van der Waals surface area contributed by atoms with E-state index in [1.807, 2.05) is 25.7 Å². The number of esters is 1. The molecular weight excluding hydrogens is 178 g/mol. The zero-order valence-electron chi connectivity index (χ0n) is 9.46. The van der Waals surface area contributed by atoms with Crippen LogP contribution in [0.1, 0.15) is 20.8 Å². The second-order valence-corrected chi connectivity index (χ2v) is 3.01. The Morgan fingerprint density at radius 3 is 2.29 bits per heavy atom. The standard InChI is InChI=1S/C11H19NO2/c1-6-9(4)10(11(13)14-5)12(7-2)8-3/h10H,1,7-8H2,2-5H3. The van der Waals surface area contributed by atoms with Crippen LogP contribution in [0, 0.1) is 0 Å². The molecule has 14 heavy (non-hydrogen) atoms. The molecular formula is C11H19NO2. The van der Waals surface area contributed by atoms with Crippen LogP contribution in [0.5, 0.6) is 0 Å². The van der Waals surface area contributed by atoms with Gasteiger partial charge in [-0.25, -0.2) is 4.79 Å². The Morgan fingerprint density at radius 2 is 2.00 bits per heavy atom. The van der Waals surface area contributed by atoms with Crippen LogP contribution in [0.15, 0.2) is 17.9 Å². The molecule has 1 atom stereocenters. The first-order chi connectivity index (χ1) is 6.62. The molecule has 0 aromatic heterocycles. The van der Waals surface area contributed by atoms with Crippen LogP contribution in [0.4, 0.5) is 0 Å². The molecule has 0 aliphatic carbocycles. The largest absolute Gasteiger partial charge is 0.468 e. The summed E-state index contributed by atoms with van der Waals surface area (Å²) in [5, 5.41) is 0. The smallest absolute Gasteiger partial charge is 0.328 e. The van der Waals surface area contributed by atoms with Crippen LogP contribution >= 0.6 is 0 Å². The third-order valence-corrected chi connectivity index (χ3v) is 2.29. The van der Waals surface area contributed by atoms with Crippen molar-refractivity contribution in [1.29, 1.82) is 0 Å². The van der Waals surface area contributed by atoms with E-state index in [-0.39, 0.29) is 12.0 Å².